The molecule has 0 saturated carbocycles. The quantitative estimate of drug-likeness (QED) is 0.165. The average molecular weight is 751 g/mol. The first-order valence-corrected chi connectivity index (χ1v) is 20.1. The van der Waals surface area contributed by atoms with Gasteiger partial charge in [-0.15, -0.1) is 0 Å². The number of hydrogen-bond acceptors (Lipinski definition) is 3. The van der Waals surface area contributed by atoms with E-state index in [9.17, 15) is 0 Å². The molecule has 13 aromatic rings. The van der Waals surface area contributed by atoms with Gasteiger partial charge in [0, 0.05) is 59.8 Å². The third kappa shape index (κ3) is 4.08. The van der Waals surface area contributed by atoms with Crippen molar-refractivity contribution in [1.82, 2.24) is 19.1 Å². The Labute approximate surface area is 336 Å². The van der Waals surface area contributed by atoms with Crippen molar-refractivity contribution >= 4 is 87.2 Å². The van der Waals surface area contributed by atoms with Gasteiger partial charge in [0.05, 0.1) is 39.0 Å². The zero-order valence-electron chi connectivity index (χ0n) is 31.5. The summed E-state index contributed by atoms with van der Waals surface area (Å²) in [4.78, 5) is 11.2. The van der Waals surface area contributed by atoms with E-state index in [1.54, 1.807) is 0 Å². The van der Waals surface area contributed by atoms with E-state index in [1.165, 1.54) is 55.1 Å². The standard InChI is InChI=1S/C54H30N4O/c1-2-14-33-31(13-1)25-28-41-51(32-26-27-38-37-18-8-12-24-47(37)59-48(38)29-32)55-54(56-52(33)41)58-45-23-11-7-20-40(45)49-46(58)30-42-36-17-6-10-22-44(36)57-43-21-9-5-16-35(43)34-15-3-4-19-39(34)50(49)53(42)57/h1-30H. The van der Waals surface area contributed by atoms with Gasteiger partial charge in [-0.3, -0.25) is 4.57 Å². The first kappa shape index (κ1) is 31.1. The maximum Gasteiger partial charge on any atom is 0.235 e. The third-order valence-corrected chi connectivity index (χ3v) is 12.7. The third-order valence-electron chi connectivity index (χ3n) is 12.7. The van der Waals surface area contributed by atoms with Gasteiger partial charge in [-0.05, 0) is 65.0 Å². The number of aromatic nitrogens is 4. The second-order valence-electron chi connectivity index (χ2n) is 15.7. The number of rotatable bonds is 2. The van der Waals surface area contributed by atoms with Crippen molar-refractivity contribution in [3.8, 4) is 45.1 Å². The van der Waals surface area contributed by atoms with Crippen molar-refractivity contribution < 1.29 is 4.42 Å². The van der Waals surface area contributed by atoms with Gasteiger partial charge in [0.1, 0.15) is 11.2 Å². The first-order valence-electron chi connectivity index (χ1n) is 20.1. The molecule has 0 amide bonds. The predicted molar refractivity (Wildman–Crippen MR) is 243 cm³/mol. The average Bonchev–Trinajstić information content (AvgIpc) is 3.92. The van der Waals surface area contributed by atoms with Crippen molar-refractivity contribution in [2.75, 3.05) is 0 Å². The van der Waals surface area contributed by atoms with E-state index in [-0.39, 0.29) is 0 Å². The fraction of sp³-hybridized carbons (Fsp3) is 0. The molecule has 59 heavy (non-hydrogen) atoms. The lowest BCUT2D eigenvalue weighted by Gasteiger charge is -2.14. The lowest BCUT2D eigenvalue weighted by molar-refractivity contribution is 0.669. The van der Waals surface area contributed by atoms with Crippen LogP contribution in [0.2, 0.25) is 0 Å². The van der Waals surface area contributed by atoms with Crippen LogP contribution in [0.5, 0.6) is 0 Å². The molecule has 0 aliphatic carbocycles. The lowest BCUT2D eigenvalue weighted by atomic mass is 9.91. The Morgan fingerprint density at radius 3 is 1.95 bits per heavy atom. The molecule has 272 valence electrons. The SMILES string of the molecule is c1ccc2c(c1)-c1ccccc1-n1c3ccccc3c3cc4c(c-2c31)c1ccccc1n4-c1nc(-c2ccc3c(c2)oc2ccccc23)c2ccc3ccccc3c2n1. The summed E-state index contributed by atoms with van der Waals surface area (Å²) in [5, 5.41) is 10.2. The molecule has 14 rings (SSSR count). The minimum Gasteiger partial charge on any atom is -0.456 e. The van der Waals surface area contributed by atoms with Crippen molar-refractivity contribution in [3.05, 3.63) is 182 Å². The van der Waals surface area contributed by atoms with Crippen LogP contribution in [0.15, 0.2) is 186 Å². The number of hydrogen-bond donors (Lipinski definition) is 0. The molecule has 0 spiro atoms. The van der Waals surface area contributed by atoms with Crippen LogP contribution >= 0.6 is 0 Å². The molecule has 4 aromatic heterocycles. The highest BCUT2D eigenvalue weighted by Gasteiger charge is 2.29. The van der Waals surface area contributed by atoms with Gasteiger partial charge < -0.3 is 8.98 Å². The maximum atomic E-state index is 6.44. The van der Waals surface area contributed by atoms with E-state index in [2.05, 4.69) is 179 Å². The molecule has 5 heteroatoms. The second-order valence-corrected chi connectivity index (χ2v) is 15.7. The van der Waals surface area contributed by atoms with Crippen LogP contribution in [0, 0.1) is 0 Å². The summed E-state index contributed by atoms with van der Waals surface area (Å²) < 4.78 is 11.2. The summed E-state index contributed by atoms with van der Waals surface area (Å²) in [6.45, 7) is 0. The number of benzene rings is 9. The first-order chi connectivity index (χ1) is 29.3. The summed E-state index contributed by atoms with van der Waals surface area (Å²) in [5.41, 5.74) is 15.0. The summed E-state index contributed by atoms with van der Waals surface area (Å²) in [6, 6.07) is 65.3. The smallest absolute Gasteiger partial charge is 0.235 e. The lowest BCUT2D eigenvalue weighted by Crippen LogP contribution is -2.04. The zero-order valence-corrected chi connectivity index (χ0v) is 31.5. The highest BCUT2D eigenvalue weighted by molar-refractivity contribution is 6.28. The second kappa shape index (κ2) is 11.3. The molecule has 0 saturated heterocycles. The molecule has 0 atom stereocenters. The van der Waals surface area contributed by atoms with Crippen LogP contribution in [0.1, 0.15) is 0 Å². The minimum absolute atomic E-state index is 0.625. The maximum absolute atomic E-state index is 6.44. The van der Waals surface area contributed by atoms with Crippen LogP contribution in [0.25, 0.3) is 132 Å². The molecule has 0 fully saturated rings. The van der Waals surface area contributed by atoms with Crippen molar-refractivity contribution in [1.29, 1.82) is 0 Å². The summed E-state index contributed by atoms with van der Waals surface area (Å²) in [5.74, 6) is 0.625. The van der Waals surface area contributed by atoms with Crippen LogP contribution < -0.4 is 0 Å². The number of nitrogens with zero attached hydrogens (tertiary/aromatic N) is 4. The van der Waals surface area contributed by atoms with E-state index in [1.807, 2.05) is 12.1 Å². The molecule has 0 unspecified atom stereocenters. The highest BCUT2D eigenvalue weighted by Crippen LogP contribution is 2.51. The summed E-state index contributed by atoms with van der Waals surface area (Å²) in [6.07, 6.45) is 0. The molecule has 0 radical (unpaired) electrons. The number of fused-ring (bicyclic) bond motifs is 18. The van der Waals surface area contributed by atoms with Gasteiger partial charge in [0.2, 0.25) is 5.95 Å². The molecule has 5 nitrogen and oxygen atoms in total. The van der Waals surface area contributed by atoms with Crippen molar-refractivity contribution in [2.24, 2.45) is 0 Å². The van der Waals surface area contributed by atoms with E-state index >= 15 is 0 Å². The Balaban J connectivity index is 1.16. The van der Waals surface area contributed by atoms with Crippen molar-refractivity contribution in [2.45, 2.75) is 0 Å². The Hall–Kier alpha value is -8.02. The van der Waals surface area contributed by atoms with Crippen LogP contribution in [-0.2, 0) is 0 Å². The van der Waals surface area contributed by atoms with E-state index in [0.29, 0.717) is 5.95 Å². The summed E-state index contributed by atoms with van der Waals surface area (Å²) in [7, 11) is 0. The Kier molecular flexibility index (Phi) is 5.96. The fourth-order valence-corrected chi connectivity index (χ4v) is 10.2. The molecule has 0 bridgehead atoms. The molecule has 1 aliphatic rings. The number of para-hydroxylation sites is 4. The molecular formula is C54H30N4O. The molecule has 9 aromatic carbocycles. The topological polar surface area (TPSA) is 48.8 Å². The Morgan fingerprint density at radius 2 is 1.07 bits per heavy atom. The van der Waals surface area contributed by atoms with Crippen LogP contribution in [0.3, 0.4) is 0 Å². The normalized spacial score (nSPS) is 12.4. The van der Waals surface area contributed by atoms with E-state index in [0.717, 1.165) is 71.3 Å². The largest absolute Gasteiger partial charge is 0.456 e. The monoisotopic (exact) mass is 750 g/mol. The Morgan fingerprint density at radius 1 is 0.407 bits per heavy atom. The summed E-state index contributed by atoms with van der Waals surface area (Å²) >= 11 is 0. The van der Waals surface area contributed by atoms with Gasteiger partial charge in [-0.25, -0.2) is 9.97 Å². The number of furan rings is 1. The molecule has 5 heterocycles. The Bertz CT molecular complexity index is 3980. The van der Waals surface area contributed by atoms with Gasteiger partial charge in [0.15, 0.2) is 0 Å². The molecular weight excluding hydrogens is 721 g/mol. The van der Waals surface area contributed by atoms with Crippen LogP contribution in [0.4, 0.5) is 0 Å². The molecule has 0 N–H and O–H groups in total. The molecule has 1 aliphatic heterocycles. The highest BCUT2D eigenvalue weighted by atomic mass is 16.3. The zero-order chi connectivity index (χ0) is 38.3. The van der Waals surface area contributed by atoms with Gasteiger partial charge in [-0.1, -0.05) is 133 Å². The fourth-order valence-electron chi connectivity index (χ4n) is 10.2. The van der Waals surface area contributed by atoms with Gasteiger partial charge >= 0.3 is 0 Å². The van der Waals surface area contributed by atoms with Gasteiger partial charge in [-0.2, -0.15) is 0 Å². The van der Waals surface area contributed by atoms with Gasteiger partial charge in [0.25, 0.3) is 0 Å². The van der Waals surface area contributed by atoms with E-state index < -0.39 is 0 Å². The minimum atomic E-state index is 0.625. The van der Waals surface area contributed by atoms with Crippen LogP contribution in [-0.4, -0.2) is 19.1 Å². The van der Waals surface area contributed by atoms with Crippen molar-refractivity contribution in [3.63, 3.8) is 0 Å². The predicted octanol–water partition coefficient (Wildman–Crippen LogP) is 14.2. The van der Waals surface area contributed by atoms with E-state index in [4.69, 9.17) is 14.4 Å².